The van der Waals surface area contributed by atoms with Crippen LogP contribution in [0.15, 0.2) is 18.2 Å². The van der Waals surface area contributed by atoms with Gasteiger partial charge < -0.3 is 15.7 Å². The van der Waals surface area contributed by atoms with Gasteiger partial charge in [0.15, 0.2) is 0 Å². The number of benzene rings is 1. The first-order chi connectivity index (χ1) is 8.56. The van der Waals surface area contributed by atoms with Gasteiger partial charge in [-0.1, -0.05) is 30.1 Å². The van der Waals surface area contributed by atoms with Gasteiger partial charge in [0.2, 0.25) is 0 Å². The van der Waals surface area contributed by atoms with Crippen LogP contribution < -0.4 is 10.6 Å². The molecule has 4 nitrogen and oxygen atoms in total. The van der Waals surface area contributed by atoms with E-state index >= 15 is 0 Å². The van der Waals surface area contributed by atoms with Crippen molar-refractivity contribution in [2.24, 2.45) is 0 Å². The first-order valence-electron chi connectivity index (χ1n) is 5.70. The molecule has 0 saturated carbocycles. The lowest BCUT2D eigenvalue weighted by molar-refractivity contribution is 0.237. The largest absolute Gasteiger partial charge is 0.396 e. The number of aliphatic hydroxyl groups excluding tert-OH is 1. The molecule has 18 heavy (non-hydrogen) atoms. The summed E-state index contributed by atoms with van der Waals surface area (Å²) in [7, 11) is 0. The topological polar surface area (TPSA) is 61.4 Å². The fourth-order valence-electron chi connectivity index (χ4n) is 1.46. The second-order valence-electron chi connectivity index (χ2n) is 3.84. The predicted molar refractivity (Wildman–Crippen MR) is 74.4 cm³/mol. The summed E-state index contributed by atoms with van der Waals surface area (Å²) in [6.45, 7) is 1.99. The molecule has 1 rings (SSSR count). The van der Waals surface area contributed by atoms with Crippen LogP contribution in [0.25, 0.3) is 0 Å². The minimum atomic E-state index is -0.325. The third-order valence-corrected chi connectivity index (χ3v) is 3.22. The molecule has 1 atom stereocenters. The van der Waals surface area contributed by atoms with Gasteiger partial charge in [0.25, 0.3) is 0 Å². The van der Waals surface area contributed by atoms with Crippen LogP contribution in [0.1, 0.15) is 19.8 Å². The smallest absolute Gasteiger partial charge is 0.319 e. The molecular formula is C12H16Cl2N2O2. The first kappa shape index (κ1) is 15.1. The van der Waals surface area contributed by atoms with E-state index in [1.54, 1.807) is 18.2 Å². The summed E-state index contributed by atoms with van der Waals surface area (Å²) in [5.74, 6) is 0. The van der Waals surface area contributed by atoms with Crippen LogP contribution in [-0.2, 0) is 0 Å². The van der Waals surface area contributed by atoms with Crippen molar-refractivity contribution < 1.29 is 9.90 Å². The summed E-state index contributed by atoms with van der Waals surface area (Å²) in [5.41, 5.74) is 0.570. The number of aliphatic hydroxyl groups is 1. The van der Waals surface area contributed by atoms with Crippen molar-refractivity contribution in [1.82, 2.24) is 5.32 Å². The van der Waals surface area contributed by atoms with E-state index in [0.29, 0.717) is 22.2 Å². The van der Waals surface area contributed by atoms with E-state index in [1.165, 1.54) is 0 Å². The summed E-state index contributed by atoms with van der Waals surface area (Å²) in [5, 5.41) is 15.1. The zero-order valence-corrected chi connectivity index (χ0v) is 11.6. The molecule has 6 heteroatoms. The minimum Gasteiger partial charge on any atom is -0.396 e. The molecule has 1 aromatic rings. The Morgan fingerprint density at radius 1 is 1.39 bits per heavy atom. The summed E-state index contributed by atoms with van der Waals surface area (Å²) >= 11 is 11.6. The zero-order valence-electron chi connectivity index (χ0n) is 10.0. The second kappa shape index (κ2) is 7.46. The molecule has 0 spiro atoms. The molecule has 100 valence electrons. The molecule has 1 aromatic carbocycles. The number of carbonyl (C=O) groups excluding carboxylic acids is 1. The van der Waals surface area contributed by atoms with Crippen LogP contribution in [-0.4, -0.2) is 23.8 Å². The van der Waals surface area contributed by atoms with Crippen molar-refractivity contribution in [3.63, 3.8) is 0 Å². The molecule has 0 aliphatic rings. The SMILES string of the molecule is CCC(CCO)NC(=O)Nc1ccc(Cl)c(Cl)c1. The van der Waals surface area contributed by atoms with Crippen LogP contribution in [0.5, 0.6) is 0 Å². The third kappa shape index (κ3) is 4.72. The summed E-state index contributed by atoms with van der Waals surface area (Å²) in [4.78, 5) is 11.7. The maximum Gasteiger partial charge on any atom is 0.319 e. The Labute approximate surface area is 116 Å². The van der Waals surface area contributed by atoms with Crippen molar-refractivity contribution in [3.05, 3.63) is 28.2 Å². The zero-order chi connectivity index (χ0) is 13.5. The highest BCUT2D eigenvalue weighted by molar-refractivity contribution is 6.42. The Kier molecular flexibility index (Phi) is 6.25. The van der Waals surface area contributed by atoms with Gasteiger partial charge in [-0.3, -0.25) is 0 Å². The number of hydrogen-bond donors (Lipinski definition) is 3. The molecule has 0 heterocycles. The van der Waals surface area contributed by atoms with Crippen LogP contribution in [0.4, 0.5) is 10.5 Å². The van der Waals surface area contributed by atoms with Crippen molar-refractivity contribution in [3.8, 4) is 0 Å². The monoisotopic (exact) mass is 290 g/mol. The lowest BCUT2D eigenvalue weighted by atomic mass is 10.2. The molecule has 0 aliphatic heterocycles. The maximum absolute atomic E-state index is 11.7. The van der Waals surface area contributed by atoms with Crippen molar-refractivity contribution in [2.75, 3.05) is 11.9 Å². The molecular weight excluding hydrogens is 275 g/mol. The van der Waals surface area contributed by atoms with Crippen LogP contribution >= 0.6 is 23.2 Å². The molecule has 3 N–H and O–H groups in total. The number of rotatable bonds is 5. The number of amides is 2. The normalized spacial score (nSPS) is 12.0. The highest BCUT2D eigenvalue weighted by Gasteiger charge is 2.10. The molecule has 0 aliphatic carbocycles. The Hall–Kier alpha value is -0.970. The standard InChI is InChI=1S/C12H16Cl2N2O2/c1-2-8(5-6-17)15-12(18)16-9-3-4-10(13)11(14)7-9/h3-4,7-8,17H,2,5-6H2,1H3,(H2,15,16,18). The third-order valence-electron chi connectivity index (χ3n) is 2.48. The first-order valence-corrected chi connectivity index (χ1v) is 6.45. The fraction of sp³-hybridized carbons (Fsp3) is 0.417. The molecule has 0 aromatic heterocycles. The quantitative estimate of drug-likeness (QED) is 0.779. The molecule has 0 fully saturated rings. The van der Waals surface area contributed by atoms with Crippen molar-refractivity contribution in [2.45, 2.75) is 25.8 Å². The maximum atomic E-state index is 11.7. The van der Waals surface area contributed by atoms with Crippen LogP contribution in [0.2, 0.25) is 10.0 Å². The fourth-order valence-corrected chi connectivity index (χ4v) is 1.76. The van der Waals surface area contributed by atoms with Gasteiger partial charge in [-0.15, -0.1) is 0 Å². The van der Waals surface area contributed by atoms with E-state index in [1.807, 2.05) is 6.92 Å². The van der Waals surface area contributed by atoms with Gasteiger partial charge in [0.1, 0.15) is 0 Å². The number of urea groups is 1. The molecule has 0 radical (unpaired) electrons. The second-order valence-corrected chi connectivity index (χ2v) is 4.66. The van der Waals surface area contributed by atoms with E-state index < -0.39 is 0 Å². The van der Waals surface area contributed by atoms with Gasteiger partial charge in [-0.2, -0.15) is 0 Å². The Balaban J connectivity index is 2.55. The van der Waals surface area contributed by atoms with Gasteiger partial charge in [-0.25, -0.2) is 4.79 Å². The summed E-state index contributed by atoms with van der Waals surface area (Å²) < 4.78 is 0. The number of carbonyl (C=O) groups is 1. The summed E-state index contributed by atoms with van der Waals surface area (Å²) in [6, 6.07) is 4.49. The number of hydrogen-bond acceptors (Lipinski definition) is 2. The highest BCUT2D eigenvalue weighted by atomic mass is 35.5. The van der Waals surface area contributed by atoms with E-state index in [0.717, 1.165) is 6.42 Å². The Morgan fingerprint density at radius 3 is 2.67 bits per heavy atom. The molecule has 2 amide bonds. The minimum absolute atomic E-state index is 0.0437. The predicted octanol–water partition coefficient (Wildman–Crippen LogP) is 3.28. The van der Waals surface area contributed by atoms with E-state index in [4.69, 9.17) is 28.3 Å². The number of anilines is 1. The lowest BCUT2D eigenvalue weighted by Crippen LogP contribution is -2.38. The average molecular weight is 291 g/mol. The van der Waals surface area contributed by atoms with Crippen LogP contribution in [0, 0.1) is 0 Å². The summed E-state index contributed by atoms with van der Waals surface area (Å²) in [6.07, 6.45) is 1.29. The van der Waals surface area contributed by atoms with Gasteiger partial charge in [0.05, 0.1) is 10.0 Å². The Bertz CT molecular complexity index is 413. The van der Waals surface area contributed by atoms with Crippen molar-refractivity contribution in [1.29, 1.82) is 0 Å². The molecule has 1 unspecified atom stereocenters. The highest BCUT2D eigenvalue weighted by Crippen LogP contribution is 2.24. The molecule has 0 saturated heterocycles. The van der Waals surface area contributed by atoms with Gasteiger partial charge in [0, 0.05) is 18.3 Å². The van der Waals surface area contributed by atoms with Crippen molar-refractivity contribution >= 4 is 34.9 Å². The van der Waals surface area contributed by atoms with Gasteiger partial charge >= 0.3 is 6.03 Å². The Morgan fingerprint density at radius 2 is 2.11 bits per heavy atom. The number of halogens is 2. The van der Waals surface area contributed by atoms with E-state index in [-0.39, 0.29) is 18.7 Å². The molecule has 0 bridgehead atoms. The number of nitrogens with one attached hydrogen (secondary N) is 2. The van der Waals surface area contributed by atoms with Crippen LogP contribution in [0.3, 0.4) is 0 Å². The van der Waals surface area contributed by atoms with E-state index in [9.17, 15) is 4.79 Å². The lowest BCUT2D eigenvalue weighted by Gasteiger charge is -2.16. The van der Waals surface area contributed by atoms with Gasteiger partial charge in [-0.05, 0) is 31.0 Å². The average Bonchev–Trinajstić information content (AvgIpc) is 2.33. The van der Waals surface area contributed by atoms with E-state index in [2.05, 4.69) is 10.6 Å².